The molecule has 0 saturated carbocycles. The SMILES string of the molecule is CC(CNC(=O)N1CCC(C(=O)O)CC1)Sc1ccccc1. The van der Waals surface area contributed by atoms with Gasteiger partial charge in [0.15, 0.2) is 0 Å². The summed E-state index contributed by atoms with van der Waals surface area (Å²) in [7, 11) is 0. The number of urea groups is 1. The van der Waals surface area contributed by atoms with Gasteiger partial charge in [0.25, 0.3) is 0 Å². The molecule has 1 fully saturated rings. The Morgan fingerprint density at radius 2 is 1.95 bits per heavy atom. The van der Waals surface area contributed by atoms with Gasteiger partial charge in [-0.3, -0.25) is 4.79 Å². The number of nitrogens with one attached hydrogen (secondary N) is 1. The highest BCUT2D eigenvalue weighted by atomic mass is 32.2. The minimum Gasteiger partial charge on any atom is -0.481 e. The molecule has 1 aromatic carbocycles. The summed E-state index contributed by atoms with van der Waals surface area (Å²) in [6, 6.07) is 10.0. The van der Waals surface area contributed by atoms with Gasteiger partial charge in [0.05, 0.1) is 5.92 Å². The van der Waals surface area contributed by atoms with Gasteiger partial charge in [-0.15, -0.1) is 11.8 Å². The molecule has 1 unspecified atom stereocenters. The van der Waals surface area contributed by atoms with E-state index in [9.17, 15) is 9.59 Å². The lowest BCUT2D eigenvalue weighted by atomic mass is 9.97. The third-order valence-electron chi connectivity index (χ3n) is 3.75. The van der Waals surface area contributed by atoms with E-state index in [1.807, 2.05) is 18.2 Å². The Morgan fingerprint density at radius 3 is 2.55 bits per heavy atom. The number of hydrogen-bond donors (Lipinski definition) is 2. The number of carboxylic acid groups (broad SMARTS) is 1. The second-order valence-electron chi connectivity index (χ2n) is 5.53. The summed E-state index contributed by atoms with van der Waals surface area (Å²) in [6.07, 6.45) is 1.08. The average Bonchev–Trinajstić information content (AvgIpc) is 2.53. The van der Waals surface area contributed by atoms with Gasteiger partial charge in [-0.05, 0) is 25.0 Å². The molecule has 0 aliphatic carbocycles. The van der Waals surface area contributed by atoms with Crippen molar-refractivity contribution in [1.82, 2.24) is 10.2 Å². The first-order valence-corrected chi connectivity index (χ1v) is 8.41. The van der Waals surface area contributed by atoms with Crippen LogP contribution in [-0.4, -0.2) is 46.9 Å². The summed E-state index contributed by atoms with van der Waals surface area (Å²) in [6.45, 7) is 3.71. The number of aliphatic carboxylic acids is 1. The number of hydrogen-bond acceptors (Lipinski definition) is 3. The van der Waals surface area contributed by atoms with Crippen molar-refractivity contribution in [2.45, 2.75) is 29.9 Å². The van der Waals surface area contributed by atoms with Gasteiger partial charge in [-0.1, -0.05) is 25.1 Å². The maximum atomic E-state index is 12.1. The number of thioether (sulfide) groups is 1. The monoisotopic (exact) mass is 322 g/mol. The fourth-order valence-electron chi connectivity index (χ4n) is 2.45. The van der Waals surface area contributed by atoms with Crippen molar-refractivity contribution >= 4 is 23.8 Å². The minimum absolute atomic E-state index is 0.0932. The van der Waals surface area contributed by atoms with Crippen LogP contribution in [0.1, 0.15) is 19.8 Å². The van der Waals surface area contributed by atoms with Gasteiger partial charge in [-0.25, -0.2) is 4.79 Å². The number of carbonyl (C=O) groups is 2. The molecule has 6 heteroatoms. The van der Waals surface area contributed by atoms with Crippen molar-refractivity contribution < 1.29 is 14.7 Å². The third-order valence-corrected chi connectivity index (χ3v) is 4.87. The van der Waals surface area contributed by atoms with Gasteiger partial charge in [-0.2, -0.15) is 0 Å². The molecule has 120 valence electrons. The molecule has 1 atom stereocenters. The molecule has 22 heavy (non-hydrogen) atoms. The summed E-state index contributed by atoms with van der Waals surface area (Å²) in [5.41, 5.74) is 0. The first-order valence-electron chi connectivity index (χ1n) is 7.53. The normalized spacial score (nSPS) is 17.0. The van der Waals surface area contributed by atoms with Gasteiger partial charge >= 0.3 is 12.0 Å². The molecular weight excluding hydrogens is 300 g/mol. The van der Waals surface area contributed by atoms with Crippen molar-refractivity contribution in [3.8, 4) is 0 Å². The van der Waals surface area contributed by atoms with E-state index in [0.717, 1.165) is 0 Å². The molecule has 0 aromatic heterocycles. The fraction of sp³-hybridized carbons (Fsp3) is 0.500. The lowest BCUT2D eigenvalue weighted by molar-refractivity contribution is -0.143. The van der Waals surface area contributed by atoms with E-state index in [0.29, 0.717) is 32.5 Å². The average molecular weight is 322 g/mol. The molecule has 2 rings (SSSR count). The van der Waals surface area contributed by atoms with E-state index in [1.54, 1.807) is 16.7 Å². The second kappa shape index (κ2) is 8.08. The predicted molar refractivity (Wildman–Crippen MR) is 87.1 cm³/mol. The summed E-state index contributed by atoms with van der Waals surface area (Å²) in [5.74, 6) is -1.07. The molecule has 0 radical (unpaired) electrons. The quantitative estimate of drug-likeness (QED) is 0.818. The summed E-state index contributed by atoms with van der Waals surface area (Å²) in [4.78, 5) is 25.9. The van der Waals surface area contributed by atoms with Gasteiger partial charge in [0.2, 0.25) is 0 Å². The topological polar surface area (TPSA) is 69.6 Å². The van der Waals surface area contributed by atoms with E-state index >= 15 is 0 Å². The number of carbonyl (C=O) groups excluding carboxylic acids is 1. The van der Waals surface area contributed by atoms with Crippen LogP contribution in [0.25, 0.3) is 0 Å². The minimum atomic E-state index is -0.757. The number of benzene rings is 1. The van der Waals surface area contributed by atoms with Crippen molar-refractivity contribution in [2.24, 2.45) is 5.92 Å². The number of likely N-dealkylation sites (tertiary alicyclic amines) is 1. The van der Waals surface area contributed by atoms with Crippen LogP contribution in [0.2, 0.25) is 0 Å². The molecular formula is C16H22N2O3S. The zero-order valence-electron chi connectivity index (χ0n) is 12.7. The number of carboxylic acids is 1. The van der Waals surface area contributed by atoms with Crippen LogP contribution < -0.4 is 5.32 Å². The van der Waals surface area contributed by atoms with E-state index in [2.05, 4.69) is 24.4 Å². The third kappa shape index (κ3) is 4.94. The zero-order valence-corrected chi connectivity index (χ0v) is 13.5. The molecule has 1 aliphatic heterocycles. The molecule has 0 bridgehead atoms. The summed E-state index contributed by atoms with van der Waals surface area (Å²) < 4.78 is 0. The highest BCUT2D eigenvalue weighted by Gasteiger charge is 2.26. The fourth-order valence-corrected chi connectivity index (χ4v) is 3.39. The van der Waals surface area contributed by atoms with Crippen LogP contribution in [0.5, 0.6) is 0 Å². The molecule has 2 N–H and O–H groups in total. The van der Waals surface area contributed by atoms with Crippen LogP contribution >= 0.6 is 11.8 Å². The number of nitrogens with zero attached hydrogens (tertiary/aromatic N) is 1. The van der Waals surface area contributed by atoms with Crippen LogP contribution in [0.3, 0.4) is 0 Å². The first kappa shape index (κ1) is 16.7. The maximum Gasteiger partial charge on any atom is 0.317 e. The van der Waals surface area contributed by atoms with Crippen molar-refractivity contribution in [3.05, 3.63) is 30.3 Å². The van der Waals surface area contributed by atoms with Crippen molar-refractivity contribution in [1.29, 1.82) is 0 Å². The molecule has 1 aromatic rings. The van der Waals surface area contributed by atoms with E-state index in [4.69, 9.17) is 5.11 Å². The highest BCUT2D eigenvalue weighted by Crippen LogP contribution is 2.22. The number of rotatable bonds is 5. The van der Waals surface area contributed by atoms with Gasteiger partial charge in [0, 0.05) is 29.8 Å². The highest BCUT2D eigenvalue weighted by molar-refractivity contribution is 8.00. The zero-order chi connectivity index (χ0) is 15.9. The molecule has 1 heterocycles. The Bertz CT molecular complexity index is 501. The standard InChI is InChI=1S/C16H22N2O3S/c1-12(22-14-5-3-2-4-6-14)11-17-16(21)18-9-7-13(8-10-18)15(19)20/h2-6,12-13H,7-11H2,1H3,(H,17,21)(H,19,20). The van der Waals surface area contributed by atoms with E-state index in [-0.39, 0.29) is 17.2 Å². The number of amides is 2. The van der Waals surface area contributed by atoms with Crippen LogP contribution in [0.15, 0.2) is 35.2 Å². The molecule has 1 aliphatic rings. The molecule has 0 spiro atoms. The summed E-state index contributed by atoms with van der Waals surface area (Å²) >= 11 is 1.73. The lowest BCUT2D eigenvalue weighted by Crippen LogP contribution is -2.46. The van der Waals surface area contributed by atoms with Crippen molar-refractivity contribution in [3.63, 3.8) is 0 Å². The number of piperidine rings is 1. The van der Waals surface area contributed by atoms with Crippen LogP contribution in [0.4, 0.5) is 4.79 Å². The Kier molecular flexibility index (Phi) is 6.12. The first-order chi connectivity index (χ1) is 10.6. The van der Waals surface area contributed by atoms with Gasteiger partial charge < -0.3 is 15.3 Å². The summed E-state index contributed by atoms with van der Waals surface area (Å²) in [5, 5.41) is 12.2. The predicted octanol–water partition coefficient (Wildman–Crippen LogP) is 2.67. The Hall–Kier alpha value is -1.69. The molecule has 1 saturated heterocycles. The molecule has 5 nitrogen and oxygen atoms in total. The Balaban J connectivity index is 1.70. The van der Waals surface area contributed by atoms with Gasteiger partial charge in [0.1, 0.15) is 0 Å². The van der Waals surface area contributed by atoms with E-state index < -0.39 is 5.97 Å². The van der Waals surface area contributed by atoms with Crippen molar-refractivity contribution in [2.75, 3.05) is 19.6 Å². The maximum absolute atomic E-state index is 12.1. The second-order valence-corrected chi connectivity index (χ2v) is 7.04. The Labute approximate surface area is 135 Å². The smallest absolute Gasteiger partial charge is 0.317 e. The largest absolute Gasteiger partial charge is 0.481 e. The molecule has 2 amide bonds. The van der Waals surface area contributed by atoms with Crippen LogP contribution in [-0.2, 0) is 4.79 Å². The van der Waals surface area contributed by atoms with E-state index in [1.165, 1.54) is 4.90 Å². The van der Waals surface area contributed by atoms with Crippen LogP contribution in [0, 0.1) is 5.92 Å². The lowest BCUT2D eigenvalue weighted by Gasteiger charge is -2.30. The Morgan fingerprint density at radius 1 is 1.32 bits per heavy atom.